The zero-order valence-corrected chi connectivity index (χ0v) is 12.3. The van der Waals surface area contributed by atoms with Gasteiger partial charge in [-0.1, -0.05) is 12.1 Å². The quantitative estimate of drug-likeness (QED) is 0.478. The van der Waals surface area contributed by atoms with Crippen molar-refractivity contribution in [1.29, 1.82) is 0 Å². The molecule has 6 heteroatoms. The van der Waals surface area contributed by atoms with E-state index in [4.69, 9.17) is 5.84 Å². The predicted molar refractivity (Wildman–Crippen MR) is 80.2 cm³/mol. The lowest BCUT2D eigenvalue weighted by atomic mass is 10.1. The van der Waals surface area contributed by atoms with Gasteiger partial charge < -0.3 is 4.90 Å². The fourth-order valence-electron chi connectivity index (χ4n) is 2.55. The van der Waals surface area contributed by atoms with E-state index < -0.39 is 0 Å². The minimum atomic E-state index is -0.284. The van der Waals surface area contributed by atoms with Crippen LogP contribution in [-0.4, -0.2) is 47.8 Å². The third kappa shape index (κ3) is 4.27. The number of nitrogen functional groups attached to an aromatic ring is 1. The van der Waals surface area contributed by atoms with Gasteiger partial charge in [-0.3, -0.25) is 19.9 Å². The van der Waals surface area contributed by atoms with Gasteiger partial charge in [-0.25, -0.2) is 5.84 Å². The number of carbonyl (C=O) groups excluding carboxylic acids is 2. The van der Waals surface area contributed by atoms with Crippen molar-refractivity contribution < 1.29 is 9.59 Å². The molecule has 0 aromatic heterocycles. The van der Waals surface area contributed by atoms with Crippen molar-refractivity contribution in [2.75, 3.05) is 26.2 Å². The van der Waals surface area contributed by atoms with Gasteiger partial charge in [0.25, 0.3) is 5.91 Å². The maximum atomic E-state index is 11.4. The molecule has 1 fully saturated rings. The SMILES string of the molecule is CC(=O)N1CCCN(Cc2ccc(C(=O)NN)cc2)CC1. The number of rotatable bonds is 3. The standard InChI is InChI=1S/C15H22N4O2/c1-12(20)19-8-2-7-18(9-10-19)11-13-3-5-14(6-4-13)15(21)17-16/h3-6H,2,7-11,16H2,1H3,(H,17,21). The molecule has 1 heterocycles. The molecule has 2 amide bonds. The van der Waals surface area contributed by atoms with Gasteiger partial charge in [0.2, 0.25) is 5.91 Å². The number of benzene rings is 1. The molecule has 0 bridgehead atoms. The predicted octanol–water partition coefficient (Wildman–Crippen LogP) is 0.344. The van der Waals surface area contributed by atoms with Gasteiger partial charge in [0.1, 0.15) is 0 Å². The van der Waals surface area contributed by atoms with Crippen LogP contribution in [0.15, 0.2) is 24.3 Å². The highest BCUT2D eigenvalue weighted by Crippen LogP contribution is 2.10. The summed E-state index contributed by atoms with van der Waals surface area (Å²) in [5.41, 5.74) is 3.83. The molecule has 0 unspecified atom stereocenters. The molecule has 3 N–H and O–H groups in total. The van der Waals surface area contributed by atoms with Gasteiger partial charge in [-0.2, -0.15) is 0 Å². The third-order valence-corrected chi connectivity index (χ3v) is 3.79. The number of nitrogens with two attached hydrogens (primary N) is 1. The summed E-state index contributed by atoms with van der Waals surface area (Å²) in [6, 6.07) is 7.44. The highest BCUT2D eigenvalue weighted by molar-refractivity contribution is 5.93. The molecular formula is C15H22N4O2. The van der Waals surface area contributed by atoms with E-state index in [1.807, 2.05) is 17.0 Å². The van der Waals surface area contributed by atoms with Gasteiger partial charge >= 0.3 is 0 Å². The van der Waals surface area contributed by atoms with Crippen LogP contribution in [0.5, 0.6) is 0 Å². The Hall–Kier alpha value is -1.92. The van der Waals surface area contributed by atoms with Crippen molar-refractivity contribution in [1.82, 2.24) is 15.2 Å². The normalized spacial score (nSPS) is 16.4. The average molecular weight is 290 g/mol. The summed E-state index contributed by atoms with van der Waals surface area (Å²) in [6.45, 7) is 5.93. The summed E-state index contributed by atoms with van der Waals surface area (Å²) in [5.74, 6) is 4.97. The van der Waals surface area contributed by atoms with Crippen LogP contribution in [0.3, 0.4) is 0 Å². The summed E-state index contributed by atoms with van der Waals surface area (Å²) in [5, 5.41) is 0. The van der Waals surface area contributed by atoms with Gasteiger partial charge in [0, 0.05) is 45.2 Å². The largest absolute Gasteiger partial charge is 0.342 e. The first kappa shape index (κ1) is 15.5. The van der Waals surface area contributed by atoms with E-state index in [1.54, 1.807) is 19.1 Å². The first-order valence-electron chi connectivity index (χ1n) is 7.18. The molecule has 1 aliphatic heterocycles. The highest BCUT2D eigenvalue weighted by Gasteiger charge is 2.16. The van der Waals surface area contributed by atoms with Crippen molar-refractivity contribution in [2.45, 2.75) is 19.9 Å². The van der Waals surface area contributed by atoms with Crippen LogP contribution in [0, 0.1) is 0 Å². The van der Waals surface area contributed by atoms with Gasteiger partial charge in [-0.15, -0.1) is 0 Å². The summed E-state index contributed by atoms with van der Waals surface area (Å²) in [4.78, 5) is 27.0. The molecule has 0 saturated carbocycles. The van der Waals surface area contributed by atoms with E-state index in [0.29, 0.717) is 5.56 Å². The molecule has 6 nitrogen and oxygen atoms in total. The molecular weight excluding hydrogens is 268 g/mol. The van der Waals surface area contributed by atoms with Crippen molar-refractivity contribution >= 4 is 11.8 Å². The zero-order chi connectivity index (χ0) is 15.2. The van der Waals surface area contributed by atoms with E-state index in [2.05, 4.69) is 10.3 Å². The Balaban J connectivity index is 1.92. The number of nitrogens with zero attached hydrogens (tertiary/aromatic N) is 2. The molecule has 0 atom stereocenters. The van der Waals surface area contributed by atoms with Crippen LogP contribution >= 0.6 is 0 Å². The van der Waals surface area contributed by atoms with Crippen LogP contribution in [0.2, 0.25) is 0 Å². The fraction of sp³-hybridized carbons (Fsp3) is 0.467. The lowest BCUT2D eigenvalue weighted by Gasteiger charge is -2.21. The van der Waals surface area contributed by atoms with Crippen molar-refractivity contribution in [3.8, 4) is 0 Å². The lowest BCUT2D eigenvalue weighted by Crippen LogP contribution is -2.33. The molecule has 1 aromatic carbocycles. The Bertz CT molecular complexity index is 501. The molecule has 2 rings (SSSR count). The summed E-state index contributed by atoms with van der Waals surface area (Å²) in [7, 11) is 0. The number of amides is 2. The number of hydrazine groups is 1. The molecule has 1 saturated heterocycles. The zero-order valence-electron chi connectivity index (χ0n) is 12.3. The number of hydrogen-bond acceptors (Lipinski definition) is 4. The number of nitrogens with one attached hydrogen (secondary N) is 1. The molecule has 0 spiro atoms. The first-order chi connectivity index (χ1) is 10.1. The van der Waals surface area contributed by atoms with E-state index >= 15 is 0 Å². The van der Waals surface area contributed by atoms with E-state index in [0.717, 1.165) is 44.7 Å². The topological polar surface area (TPSA) is 78.7 Å². The Morgan fingerprint density at radius 2 is 1.86 bits per heavy atom. The lowest BCUT2D eigenvalue weighted by molar-refractivity contribution is -0.128. The Labute approximate surface area is 124 Å². The molecule has 21 heavy (non-hydrogen) atoms. The van der Waals surface area contributed by atoms with Crippen molar-refractivity contribution in [3.63, 3.8) is 0 Å². The summed E-state index contributed by atoms with van der Waals surface area (Å²) < 4.78 is 0. The van der Waals surface area contributed by atoms with Gasteiger partial charge in [0.15, 0.2) is 0 Å². The Morgan fingerprint density at radius 1 is 1.14 bits per heavy atom. The number of hydrogen-bond donors (Lipinski definition) is 2. The Kier molecular flexibility index (Phi) is 5.30. The summed E-state index contributed by atoms with van der Waals surface area (Å²) >= 11 is 0. The van der Waals surface area contributed by atoms with Gasteiger partial charge in [-0.05, 0) is 24.1 Å². The van der Waals surface area contributed by atoms with Crippen molar-refractivity contribution in [2.24, 2.45) is 5.84 Å². The minimum Gasteiger partial charge on any atom is -0.342 e. The molecule has 0 radical (unpaired) electrons. The highest BCUT2D eigenvalue weighted by atomic mass is 16.2. The van der Waals surface area contributed by atoms with Crippen LogP contribution in [0.1, 0.15) is 29.3 Å². The average Bonchev–Trinajstić information content (AvgIpc) is 2.73. The molecule has 0 aliphatic carbocycles. The van der Waals surface area contributed by atoms with E-state index in [9.17, 15) is 9.59 Å². The Morgan fingerprint density at radius 3 is 2.48 bits per heavy atom. The van der Waals surface area contributed by atoms with Crippen molar-refractivity contribution in [3.05, 3.63) is 35.4 Å². The minimum absolute atomic E-state index is 0.147. The molecule has 1 aliphatic rings. The summed E-state index contributed by atoms with van der Waals surface area (Å²) in [6.07, 6.45) is 0.993. The van der Waals surface area contributed by atoms with Crippen LogP contribution in [-0.2, 0) is 11.3 Å². The third-order valence-electron chi connectivity index (χ3n) is 3.79. The number of carbonyl (C=O) groups is 2. The smallest absolute Gasteiger partial charge is 0.265 e. The molecule has 1 aromatic rings. The van der Waals surface area contributed by atoms with Crippen LogP contribution < -0.4 is 11.3 Å². The second-order valence-electron chi connectivity index (χ2n) is 5.31. The maximum absolute atomic E-state index is 11.4. The van der Waals surface area contributed by atoms with E-state index in [-0.39, 0.29) is 11.8 Å². The second kappa shape index (κ2) is 7.19. The monoisotopic (exact) mass is 290 g/mol. The van der Waals surface area contributed by atoms with Crippen LogP contribution in [0.4, 0.5) is 0 Å². The molecule has 114 valence electrons. The maximum Gasteiger partial charge on any atom is 0.265 e. The van der Waals surface area contributed by atoms with Gasteiger partial charge in [0.05, 0.1) is 0 Å². The van der Waals surface area contributed by atoms with Crippen LogP contribution in [0.25, 0.3) is 0 Å². The van der Waals surface area contributed by atoms with E-state index in [1.165, 1.54) is 0 Å². The first-order valence-corrected chi connectivity index (χ1v) is 7.18. The second-order valence-corrected chi connectivity index (χ2v) is 5.31. The fourth-order valence-corrected chi connectivity index (χ4v) is 2.55.